The standard InChI is InChI=1S/C14H18BrF3N2/c1-2-20-7-5-11(6-8-20)19-13-9-10(14(16,17)18)3-4-12(13)15/h3-4,9,11,19H,2,5-8H2,1H3. The van der Waals surface area contributed by atoms with Crippen LogP contribution in [-0.2, 0) is 6.18 Å². The van der Waals surface area contributed by atoms with E-state index in [2.05, 4.69) is 33.1 Å². The Kier molecular flexibility index (Phi) is 4.96. The number of nitrogens with zero attached hydrogens (tertiary/aromatic N) is 1. The van der Waals surface area contributed by atoms with Crippen molar-refractivity contribution in [2.24, 2.45) is 0 Å². The van der Waals surface area contributed by atoms with Crippen molar-refractivity contribution in [2.75, 3.05) is 25.0 Å². The molecule has 0 spiro atoms. The molecular formula is C14H18BrF3N2. The minimum absolute atomic E-state index is 0.234. The smallest absolute Gasteiger partial charge is 0.381 e. The molecule has 1 fully saturated rings. The number of halogens is 4. The third-order valence-electron chi connectivity index (χ3n) is 3.69. The third kappa shape index (κ3) is 3.88. The fourth-order valence-electron chi connectivity index (χ4n) is 2.43. The Morgan fingerprint density at radius 3 is 2.50 bits per heavy atom. The lowest BCUT2D eigenvalue weighted by Gasteiger charge is -2.32. The Labute approximate surface area is 125 Å². The van der Waals surface area contributed by atoms with Gasteiger partial charge in [0.15, 0.2) is 0 Å². The molecule has 1 N–H and O–H groups in total. The lowest BCUT2D eigenvalue weighted by atomic mass is 10.0. The molecule has 112 valence electrons. The number of alkyl halides is 3. The summed E-state index contributed by atoms with van der Waals surface area (Å²) in [4.78, 5) is 2.35. The fraction of sp³-hybridized carbons (Fsp3) is 0.571. The lowest BCUT2D eigenvalue weighted by Crippen LogP contribution is -2.38. The summed E-state index contributed by atoms with van der Waals surface area (Å²) < 4.78 is 38.8. The van der Waals surface area contributed by atoms with Gasteiger partial charge in [0.1, 0.15) is 0 Å². The van der Waals surface area contributed by atoms with Crippen LogP contribution in [0, 0.1) is 0 Å². The molecule has 0 aliphatic carbocycles. The highest BCUT2D eigenvalue weighted by atomic mass is 79.9. The summed E-state index contributed by atoms with van der Waals surface area (Å²) in [6, 6.07) is 3.95. The Morgan fingerprint density at radius 1 is 1.30 bits per heavy atom. The molecule has 0 saturated carbocycles. The molecule has 6 heteroatoms. The van der Waals surface area contributed by atoms with Gasteiger partial charge >= 0.3 is 6.18 Å². The van der Waals surface area contributed by atoms with Gasteiger partial charge in [0.05, 0.1) is 5.56 Å². The maximum atomic E-state index is 12.7. The van der Waals surface area contributed by atoms with Crippen LogP contribution < -0.4 is 5.32 Å². The molecule has 20 heavy (non-hydrogen) atoms. The highest BCUT2D eigenvalue weighted by Gasteiger charge is 2.31. The van der Waals surface area contributed by atoms with Crippen molar-refractivity contribution in [3.8, 4) is 0 Å². The first-order valence-corrected chi connectivity index (χ1v) is 7.55. The number of piperidine rings is 1. The molecule has 0 bridgehead atoms. The van der Waals surface area contributed by atoms with Crippen LogP contribution in [0.25, 0.3) is 0 Å². The van der Waals surface area contributed by atoms with Crippen molar-refractivity contribution in [3.05, 3.63) is 28.2 Å². The van der Waals surface area contributed by atoms with E-state index in [1.54, 1.807) is 0 Å². The predicted octanol–water partition coefficient (Wildman–Crippen LogP) is 4.36. The van der Waals surface area contributed by atoms with Gasteiger partial charge in [-0.1, -0.05) is 6.92 Å². The van der Waals surface area contributed by atoms with E-state index in [1.807, 2.05) is 0 Å². The zero-order valence-electron chi connectivity index (χ0n) is 11.3. The minimum Gasteiger partial charge on any atom is -0.381 e. The first kappa shape index (κ1) is 15.6. The average Bonchev–Trinajstić information content (AvgIpc) is 2.41. The van der Waals surface area contributed by atoms with E-state index in [0.29, 0.717) is 10.2 Å². The van der Waals surface area contributed by atoms with E-state index in [4.69, 9.17) is 0 Å². The van der Waals surface area contributed by atoms with Crippen LogP contribution in [0.4, 0.5) is 18.9 Å². The molecule has 1 aliphatic heterocycles. The maximum Gasteiger partial charge on any atom is 0.416 e. The highest BCUT2D eigenvalue weighted by Crippen LogP contribution is 2.34. The number of likely N-dealkylation sites (tertiary alicyclic amines) is 1. The lowest BCUT2D eigenvalue weighted by molar-refractivity contribution is -0.137. The van der Waals surface area contributed by atoms with Crippen LogP contribution in [0.2, 0.25) is 0 Å². The van der Waals surface area contributed by atoms with Crippen molar-refractivity contribution >= 4 is 21.6 Å². The molecule has 0 amide bonds. The van der Waals surface area contributed by atoms with Crippen LogP contribution in [-0.4, -0.2) is 30.6 Å². The molecule has 1 aromatic rings. The van der Waals surface area contributed by atoms with Gasteiger partial charge in [-0.15, -0.1) is 0 Å². The SMILES string of the molecule is CCN1CCC(Nc2cc(C(F)(F)F)ccc2Br)CC1. The Morgan fingerprint density at radius 2 is 1.95 bits per heavy atom. The van der Waals surface area contributed by atoms with Crippen LogP contribution >= 0.6 is 15.9 Å². The van der Waals surface area contributed by atoms with Gasteiger partial charge in [0.25, 0.3) is 0 Å². The summed E-state index contributed by atoms with van der Waals surface area (Å²) in [7, 11) is 0. The number of hydrogen-bond donors (Lipinski definition) is 1. The van der Waals surface area contributed by atoms with Crippen LogP contribution in [0.5, 0.6) is 0 Å². The topological polar surface area (TPSA) is 15.3 Å². The number of benzene rings is 1. The molecule has 0 radical (unpaired) electrons. The monoisotopic (exact) mass is 350 g/mol. The Hall–Kier alpha value is -0.750. The summed E-state index contributed by atoms with van der Waals surface area (Å²) in [5.74, 6) is 0. The first-order chi connectivity index (χ1) is 9.40. The summed E-state index contributed by atoms with van der Waals surface area (Å²) >= 11 is 3.31. The molecule has 1 saturated heterocycles. The van der Waals surface area contributed by atoms with Crippen molar-refractivity contribution in [2.45, 2.75) is 32.0 Å². The van der Waals surface area contributed by atoms with Crippen molar-refractivity contribution < 1.29 is 13.2 Å². The van der Waals surface area contributed by atoms with Crippen LogP contribution in [0.1, 0.15) is 25.3 Å². The molecule has 2 nitrogen and oxygen atoms in total. The quantitative estimate of drug-likeness (QED) is 0.870. The van der Waals surface area contributed by atoms with Gasteiger partial charge in [-0.3, -0.25) is 0 Å². The number of nitrogens with one attached hydrogen (secondary N) is 1. The first-order valence-electron chi connectivity index (χ1n) is 6.75. The molecule has 1 heterocycles. The van der Waals surface area contributed by atoms with Crippen molar-refractivity contribution in [3.63, 3.8) is 0 Å². The maximum absolute atomic E-state index is 12.7. The average molecular weight is 351 g/mol. The second-order valence-electron chi connectivity index (χ2n) is 5.05. The number of hydrogen-bond acceptors (Lipinski definition) is 2. The number of rotatable bonds is 3. The second-order valence-corrected chi connectivity index (χ2v) is 5.90. The van der Waals surface area contributed by atoms with Gasteiger partial charge in [-0.05, 0) is 53.5 Å². The molecule has 2 rings (SSSR count). The molecule has 0 aromatic heterocycles. The van der Waals surface area contributed by atoms with Gasteiger partial charge < -0.3 is 10.2 Å². The van der Waals surface area contributed by atoms with E-state index < -0.39 is 11.7 Å². The van der Waals surface area contributed by atoms with Crippen molar-refractivity contribution in [1.29, 1.82) is 0 Å². The highest BCUT2D eigenvalue weighted by molar-refractivity contribution is 9.10. The summed E-state index contributed by atoms with van der Waals surface area (Å²) in [5, 5.41) is 3.23. The largest absolute Gasteiger partial charge is 0.416 e. The molecule has 1 aliphatic rings. The van der Waals surface area contributed by atoms with E-state index in [9.17, 15) is 13.2 Å². The summed E-state index contributed by atoms with van der Waals surface area (Å²) in [6.07, 6.45) is -2.39. The van der Waals surface area contributed by atoms with E-state index >= 15 is 0 Å². The molecule has 0 unspecified atom stereocenters. The van der Waals surface area contributed by atoms with Crippen molar-refractivity contribution in [1.82, 2.24) is 4.90 Å². The van der Waals surface area contributed by atoms with Crippen LogP contribution in [0.3, 0.4) is 0 Å². The van der Waals surface area contributed by atoms with Gasteiger partial charge in [-0.2, -0.15) is 13.2 Å². The zero-order valence-corrected chi connectivity index (χ0v) is 12.9. The van der Waals surface area contributed by atoms with Gasteiger partial charge in [-0.25, -0.2) is 0 Å². The number of anilines is 1. The predicted molar refractivity (Wildman–Crippen MR) is 77.9 cm³/mol. The minimum atomic E-state index is -4.30. The molecule has 0 atom stereocenters. The van der Waals surface area contributed by atoms with E-state index in [-0.39, 0.29) is 6.04 Å². The van der Waals surface area contributed by atoms with Crippen LogP contribution in [0.15, 0.2) is 22.7 Å². The second kappa shape index (κ2) is 6.35. The third-order valence-corrected chi connectivity index (χ3v) is 4.38. The normalized spacial score (nSPS) is 18.2. The molecule has 1 aromatic carbocycles. The van der Waals surface area contributed by atoms with E-state index in [0.717, 1.165) is 38.5 Å². The van der Waals surface area contributed by atoms with E-state index in [1.165, 1.54) is 12.1 Å². The van der Waals surface area contributed by atoms with Gasteiger partial charge in [0.2, 0.25) is 0 Å². The Balaban J connectivity index is 2.06. The zero-order chi connectivity index (χ0) is 14.8. The summed E-state index contributed by atoms with van der Waals surface area (Å²) in [5.41, 5.74) is -0.0935. The summed E-state index contributed by atoms with van der Waals surface area (Å²) in [6.45, 7) is 5.13. The fourth-order valence-corrected chi connectivity index (χ4v) is 2.79. The Bertz CT molecular complexity index is 454. The van der Waals surface area contributed by atoms with Gasteiger partial charge in [0, 0.05) is 29.3 Å². The molecular weight excluding hydrogens is 333 g/mol.